The smallest absolute Gasteiger partial charge is 0.256 e. The van der Waals surface area contributed by atoms with Gasteiger partial charge < -0.3 is 14.6 Å². The Bertz CT molecular complexity index is 1350. The zero-order valence-electron chi connectivity index (χ0n) is 18.6. The van der Waals surface area contributed by atoms with Crippen molar-refractivity contribution in [1.29, 1.82) is 5.26 Å². The number of nitrogens with zero attached hydrogens (tertiary/aromatic N) is 6. The third-order valence-corrected chi connectivity index (χ3v) is 5.26. The van der Waals surface area contributed by atoms with E-state index in [-0.39, 0.29) is 5.88 Å². The fourth-order valence-corrected chi connectivity index (χ4v) is 3.49. The van der Waals surface area contributed by atoms with E-state index >= 15 is 0 Å². The van der Waals surface area contributed by atoms with Gasteiger partial charge >= 0.3 is 0 Å². The summed E-state index contributed by atoms with van der Waals surface area (Å²) in [6.07, 6.45) is 6.77. The lowest BCUT2D eigenvalue weighted by atomic mass is 10.1. The van der Waals surface area contributed by atoms with Gasteiger partial charge in [-0.15, -0.1) is 0 Å². The van der Waals surface area contributed by atoms with Crippen molar-refractivity contribution in [3.05, 3.63) is 42.5 Å². The van der Waals surface area contributed by atoms with Gasteiger partial charge in [0.2, 0.25) is 5.88 Å². The fraction of sp³-hybridized carbons (Fsp3) is 0.304. The van der Waals surface area contributed by atoms with Crippen LogP contribution in [0.15, 0.2) is 36.9 Å². The van der Waals surface area contributed by atoms with Crippen molar-refractivity contribution in [3.8, 4) is 40.5 Å². The first kappa shape index (κ1) is 21.2. The highest BCUT2D eigenvalue weighted by molar-refractivity contribution is 5.90. The van der Waals surface area contributed by atoms with Gasteiger partial charge in [-0.1, -0.05) is 0 Å². The predicted molar refractivity (Wildman–Crippen MR) is 119 cm³/mol. The molecule has 0 radical (unpaired) electrons. The highest BCUT2D eigenvalue weighted by Gasteiger charge is 2.22. The molecule has 0 bridgehead atoms. The molecule has 0 amide bonds. The Morgan fingerprint density at radius 3 is 2.69 bits per heavy atom. The van der Waals surface area contributed by atoms with Crippen LogP contribution in [0.25, 0.3) is 27.8 Å². The molecule has 0 fully saturated rings. The fourth-order valence-electron chi connectivity index (χ4n) is 3.49. The minimum absolute atomic E-state index is 0.0632. The van der Waals surface area contributed by atoms with Crippen LogP contribution in [0.2, 0.25) is 0 Å². The average Bonchev–Trinajstić information content (AvgIpc) is 3.39. The number of fused-ring (bicyclic) bond motifs is 1. The van der Waals surface area contributed by atoms with Gasteiger partial charge in [0.1, 0.15) is 5.54 Å². The molecule has 4 aromatic heterocycles. The van der Waals surface area contributed by atoms with Gasteiger partial charge in [-0.3, -0.25) is 9.25 Å². The molecule has 0 saturated heterocycles. The highest BCUT2D eigenvalue weighted by atomic mass is 16.5. The summed E-state index contributed by atoms with van der Waals surface area (Å²) in [5.74, 6) is 1.02. The summed E-state index contributed by atoms with van der Waals surface area (Å²) in [6, 6.07) is 5.93. The van der Waals surface area contributed by atoms with Crippen molar-refractivity contribution < 1.29 is 14.6 Å². The number of ether oxygens (including phenoxy) is 2. The maximum absolute atomic E-state index is 10.9. The molecule has 0 aromatic carbocycles. The second-order valence-electron chi connectivity index (χ2n) is 7.89. The van der Waals surface area contributed by atoms with Crippen LogP contribution in [0.4, 0.5) is 0 Å². The molecule has 9 heteroatoms. The Morgan fingerprint density at radius 1 is 1.22 bits per heavy atom. The minimum Gasteiger partial charge on any atom is -0.494 e. The van der Waals surface area contributed by atoms with E-state index < -0.39 is 5.54 Å². The maximum Gasteiger partial charge on any atom is 0.256 e. The second-order valence-corrected chi connectivity index (χ2v) is 7.89. The van der Waals surface area contributed by atoms with E-state index in [0.717, 1.165) is 11.1 Å². The van der Waals surface area contributed by atoms with Crippen LogP contribution < -0.4 is 9.47 Å². The zero-order chi connectivity index (χ0) is 23.0. The van der Waals surface area contributed by atoms with Gasteiger partial charge in [0, 0.05) is 18.0 Å². The molecule has 4 heterocycles. The number of rotatable bonds is 6. The first-order valence-electron chi connectivity index (χ1n) is 10.1. The highest BCUT2D eigenvalue weighted by Crippen LogP contribution is 2.35. The molecule has 164 valence electrons. The maximum atomic E-state index is 10.9. The molecular weight excluding hydrogens is 408 g/mol. The van der Waals surface area contributed by atoms with Gasteiger partial charge in [-0.05, 0) is 45.4 Å². The summed E-state index contributed by atoms with van der Waals surface area (Å²) >= 11 is 0. The standard InChI is InChI=1S/C23H24N6O3/c1-6-32-21-19(31-5)8-15(9-25-21)17-7-14(2)20-18(27-17)12-28(22(20)30)16-10-26-29(11-16)23(3,4)13-24/h7-12,30H,6H2,1-5H3. The molecule has 0 unspecified atom stereocenters. The van der Waals surface area contributed by atoms with Crippen LogP contribution in [0.5, 0.6) is 17.5 Å². The zero-order valence-corrected chi connectivity index (χ0v) is 18.6. The van der Waals surface area contributed by atoms with Gasteiger partial charge in [0.05, 0.1) is 54.5 Å². The van der Waals surface area contributed by atoms with Crippen molar-refractivity contribution >= 4 is 10.9 Å². The summed E-state index contributed by atoms with van der Waals surface area (Å²) < 4.78 is 14.1. The monoisotopic (exact) mass is 432 g/mol. The number of aromatic nitrogens is 5. The number of aromatic hydroxyl groups is 1. The summed E-state index contributed by atoms with van der Waals surface area (Å²) in [7, 11) is 1.57. The Morgan fingerprint density at radius 2 is 2.00 bits per heavy atom. The van der Waals surface area contributed by atoms with Crippen LogP contribution in [-0.2, 0) is 5.54 Å². The molecule has 0 saturated carbocycles. The van der Waals surface area contributed by atoms with E-state index in [2.05, 4.69) is 16.2 Å². The van der Waals surface area contributed by atoms with Crippen molar-refractivity contribution in [1.82, 2.24) is 24.3 Å². The first-order chi connectivity index (χ1) is 15.3. The summed E-state index contributed by atoms with van der Waals surface area (Å²) in [5.41, 5.74) is 2.78. The van der Waals surface area contributed by atoms with Crippen LogP contribution in [0.1, 0.15) is 26.3 Å². The van der Waals surface area contributed by atoms with E-state index in [1.54, 1.807) is 55.0 Å². The van der Waals surface area contributed by atoms with Gasteiger partial charge in [0.15, 0.2) is 5.75 Å². The largest absolute Gasteiger partial charge is 0.494 e. The molecule has 9 nitrogen and oxygen atoms in total. The lowest BCUT2D eigenvalue weighted by molar-refractivity contribution is 0.298. The van der Waals surface area contributed by atoms with Crippen LogP contribution >= 0.6 is 0 Å². The van der Waals surface area contributed by atoms with E-state index in [1.807, 2.05) is 26.0 Å². The number of hydrogen-bond acceptors (Lipinski definition) is 7. The van der Waals surface area contributed by atoms with Gasteiger partial charge in [-0.2, -0.15) is 10.4 Å². The molecule has 0 aliphatic carbocycles. The second kappa shape index (κ2) is 7.89. The SMILES string of the molecule is CCOc1ncc(-c2cc(C)c3c(O)n(-c4cnn(C(C)(C)C#N)c4)cc3n2)cc1OC. The summed E-state index contributed by atoms with van der Waals surface area (Å²) in [6.45, 7) is 7.83. The Kier molecular flexibility index (Phi) is 5.22. The number of nitriles is 1. The Balaban J connectivity index is 1.80. The minimum atomic E-state index is -0.804. The lowest BCUT2D eigenvalue weighted by Gasteiger charge is -2.15. The first-order valence-corrected chi connectivity index (χ1v) is 10.1. The number of aryl methyl sites for hydroxylation is 1. The van der Waals surface area contributed by atoms with E-state index in [4.69, 9.17) is 14.5 Å². The quantitative estimate of drug-likeness (QED) is 0.491. The van der Waals surface area contributed by atoms with Crippen molar-refractivity contribution in [2.45, 2.75) is 33.2 Å². The van der Waals surface area contributed by atoms with Crippen molar-refractivity contribution in [2.24, 2.45) is 0 Å². The lowest BCUT2D eigenvalue weighted by Crippen LogP contribution is -2.24. The van der Waals surface area contributed by atoms with E-state index in [1.165, 1.54) is 0 Å². The Hall–Kier alpha value is -4.06. The van der Waals surface area contributed by atoms with Crippen molar-refractivity contribution in [3.63, 3.8) is 0 Å². The third kappa shape index (κ3) is 3.50. The number of hydrogen-bond donors (Lipinski definition) is 1. The topological polar surface area (TPSA) is 111 Å². The van der Waals surface area contributed by atoms with Crippen molar-refractivity contribution in [2.75, 3.05) is 13.7 Å². The van der Waals surface area contributed by atoms with Crippen LogP contribution in [0, 0.1) is 18.3 Å². The molecular formula is C23H24N6O3. The Labute approximate surface area is 185 Å². The average molecular weight is 432 g/mol. The molecule has 4 rings (SSSR count). The molecule has 0 atom stereocenters. The predicted octanol–water partition coefficient (Wildman–Crippen LogP) is 3.96. The third-order valence-electron chi connectivity index (χ3n) is 5.26. The van der Waals surface area contributed by atoms with E-state index in [0.29, 0.717) is 40.5 Å². The summed E-state index contributed by atoms with van der Waals surface area (Å²) in [4.78, 5) is 9.09. The summed E-state index contributed by atoms with van der Waals surface area (Å²) in [5, 5.41) is 25.2. The van der Waals surface area contributed by atoms with Gasteiger partial charge in [0.25, 0.3) is 5.88 Å². The molecule has 0 spiro atoms. The molecule has 0 aliphatic heterocycles. The number of pyridine rings is 2. The van der Waals surface area contributed by atoms with Crippen LogP contribution in [-0.4, -0.2) is 43.1 Å². The van der Waals surface area contributed by atoms with Gasteiger partial charge in [-0.25, -0.2) is 9.97 Å². The molecule has 1 N–H and O–H groups in total. The molecule has 0 aliphatic rings. The van der Waals surface area contributed by atoms with Crippen LogP contribution in [0.3, 0.4) is 0 Å². The molecule has 32 heavy (non-hydrogen) atoms. The van der Waals surface area contributed by atoms with E-state index in [9.17, 15) is 10.4 Å². The number of methoxy groups -OCH3 is 1. The molecule has 4 aromatic rings. The normalized spacial score (nSPS) is 11.5.